The van der Waals surface area contributed by atoms with Crippen LogP contribution < -0.4 is 10.1 Å². The van der Waals surface area contributed by atoms with Gasteiger partial charge in [-0.1, -0.05) is 36.4 Å². The lowest BCUT2D eigenvalue weighted by Crippen LogP contribution is -2.28. The Morgan fingerprint density at radius 2 is 1.50 bits per heavy atom. The largest absolute Gasteiger partial charge is 0.457 e. The third kappa shape index (κ3) is 1.56. The Morgan fingerprint density at radius 3 is 2.00 bits per heavy atom. The van der Waals surface area contributed by atoms with Crippen LogP contribution in [0, 0.1) is 0 Å². The lowest BCUT2D eigenvalue weighted by atomic mass is 9.87. The van der Waals surface area contributed by atoms with Gasteiger partial charge in [-0.2, -0.15) is 0 Å². The summed E-state index contributed by atoms with van der Waals surface area (Å²) < 4.78 is 5.82. The minimum absolute atomic E-state index is 0.0156. The van der Waals surface area contributed by atoms with Crippen LogP contribution in [0.1, 0.15) is 17.0 Å². The molecule has 2 aromatic rings. The molecule has 18 heavy (non-hydrogen) atoms. The zero-order chi connectivity index (χ0) is 12.5. The maximum atomic E-state index is 12.1. The van der Waals surface area contributed by atoms with Crippen LogP contribution in [0.15, 0.2) is 48.5 Å². The Balaban J connectivity index is 2.20. The van der Waals surface area contributed by atoms with Crippen LogP contribution in [-0.2, 0) is 4.79 Å². The Bertz CT molecular complexity index is 561. The lowest BCUT2D eigenvalue weighted by Gasteiger charge is -2.26. The lowest BCUT2D eigenvalue weighted by molar-refractivity contribution is -0.121. The summed E-state index contributed by atoms with van der Waals surface area (Å²) in [5.74, 6) is 1.20. The van der Waals surface area contributed by atoms with Gasteiger partial charge in [-0.05, 0) is 12.1 Å². The molecule has 3 nitrogen and oxygen atoms in total. The van der Waals surface area contributed by atoms with Crippen LogP contribution in [-0.4, -0.2) is 13.0 Å². The van der Waals surface area contributed by atoms with Gasteiger partial charge in [0.1, 0.15) is 11.5 Å². The minimum atomic E-state index is -0.295. The van der Waals surface area contributed by atoms with Crippen LogP contribution in [0.5, 0.6) is 11.5 Å². The Kier molecular flexibility index (Phi) is 2.52. The number of para-hydroxylation sites is 2. The normalized spacial score (nSPS) is 13.2. The fourth-order valence-electron chi connectivity index (χ4n) is 2.34. The predicted octanol–water partition coefficient (Wildman–Crippen LogP) is 2.67. The molecule has 0 fully saturated rings. The van der Waals surface area contributed by atoms with E-state index in [1.165, 1.54) is 0 Å². The number of rotatable bonds is 1. The summed E-state index contributed by atoms with van der Waals surface area (Å²) in [7, 11) is 1.66. The molecule has 3 rings (SSSR count). The molecular weight excluding hydrogens is 226 g/mol. The van der Waals surface area contributed by atoms with E-state index in [9.17, 15) is 4.79 Å². The van der Waals surface area contributed by atoms with Crippen LogP contribution in [0.3, 0.4) is 0 Å². The van der Waals surface area contributed by atoms with E-state index in [0.717, 1.165) is 22.6 Å². The van der Waals surface area contributed by atoms with Gasteiger partial charge in [-0.15, -0.1) is 0 Å². The number of nitrogens with one attached hydrogen (secondary N) is 1. The van der Waals surface area contributed by atoms with Crippen LogP contribution >= 0.6 is 0 Å². The SMILES string of the molecule is CNC(=O)C1c2ccccc2Oc2ccccc21. The van der Waals surface area contributed by atoms with Crippen molar-refractivity contribution in [2.24, 2.45) is 0 Å². The summed E-state index contributed by atoms with van der Waals surface area (Å²) in [6.07, 6.45) is 0. The first kappa shape index (κ1) is 10.8. The van der Waals surface area contributed by atoms with Gasteiger partial charge in [-0.25, -0.2) is 0 Å². The molecule has 1 N–H and O–H groups in total. The van der Waals surface area contributed by atoms with E-state index in [-0.39, 0.29) is 11.8 Å². The highest BCUT2D eigenvalue weighted by molar-refractivity contribution is 5.89. The molecule has 3 heteroatoms. The fourth-order valence-corrected chi connectivity index (χ4v) is 2.34. The fraction of sp³-hybridized carbons (Fsp3) is 0.133. The zero-order valence-electron chi connectivity index (χ0n) is 10.0. The van der Waals surface area contributed by atoms with Crippen molar-refractivity contribution in [1.29, 1.82) is 0 Å². The van der Waals surface area contributed by atoms with Crippen molar-refractivity contribution in [3.63, 3.8) is 0 Å². The van der Waals surface area contributed by atoms with Gasteiger partial charge in [0, 0.05) is 18.2 Å². The van der Waals surface area contributed by atoms with Crippen molar-refractivity contribution in [3.05, 3.63) is 59.7 Å². The van der Waals surface area contributed by atoms with Crippen molar-refractivity contribution < 1.29 is 9.53 Å². The second-order valence-corrected chi connectivity index (χ2v) is 4.22. The van der Waals surface area contributed by atoms with Crippen molar-refractivity contribution in [3.8, 4) is 11.5 Å². The Labute approximate surface area is 105 Å². The number of carbonyl (C=O) groups excluding carboxylic acids is 1. The van der Waals surface area contributed by atoms with E-state index in [2.05, 4.69) is 5.32 Å². The molecule has 0 aliphatic carbocycles. The summed E-state index contributed by atoms with van der Waals surface area (Å²) >= 11 is 0. The molecule has 1 aliphatic heterocycles. The third-order valence-corrected chi connectivity index (χ3v) is 3.19. The maximum absolute atomic E-state index is 12.1. The van der Waals surface area contributed by atoms with Gasteiger partial charge in [0.2, 0.25) is 5.91 Å². The van der Waals surface area contributed by atoms with Gasteiger partial charge in [0.05, 0.1) is 5.92 Å². The van der Waals surface area contributed by atoms with E-state index >= 15 is 0 Å². The summed E-state index contributed by atoms with van der Waals surface area (Å²) in [5.41, 5.74) is 1.83. The summed E-state index contributed by atoms with van der Waals surface area (Å²) in [6, 6.07) is 15.3. The maximum Gasteiger partial charge on any atom is 0.232 e. The van der Waals surface area contributed by atoms with E-state index in [0.29, 0.717) is 0 Å². The van der Waals surface area contributed by atoms with Gasteiger partial charge >= 0.3 is 0 Å². The van der Waals surface area contributed by atoms with E-state index < -0.39 is 0 Å². The smallest absolute Gasteiger partial charge is 0.232 e. The number of ether oxygens (including phenoxy) is 1. The highest BCUT2D eigenvalue weighted by Crippen LogP contribution is 2.43. The molecule has 0 saturated carbocycles. The minimum Gasteiger partial charge on any atom is -0.457 e. The number of hydrogen-bond donors (Lipinski definition) is 1. The highest BCUT2D eigenvalue weighted by Gasteiger charge is 2.31. The third-order valence-electron chi connectivity index (χ3n) is 3.19. The number of benzene rings is 2. The molecule has 0 atom stereocenters. The molecular formula is C15H13NO2. The van der Waals surface area contributed by atoms with Crippen molar-refractivity contribution in [2.75, 3.05) is 7.05 Å². The van der Waals surface area contributed by atoms with Crippen LogP contribution in [0.25, 0.3) is 0 Å². The zero-order valence-corrected chi connectivity index (χ0v) is 10.0. The molecule has 0 aromatic heterocycles. The first-order chi connectivity index (χ1) is 8.81. The van der Waals surface area contributed by atoms with Gasteiger partial charge in [0.15, 0.2) is 0 Å². The van der Waals surface area contributed by atoms with Gasteiger partial charge in [0.25, 0.3) is 0 Å². The standard InChI is InChI=1S/C15H13NO2/c1-16-15(17)14-10-6-2-4-8-12(10)18-13-9-5-3-7-11(13)14/h2-9,14H,1H3,(H,16,17). The quantitative estimate of drug-likeness (QED) is 0.830. The first-order valence-corrected chi connectivity index (χ1v) is 5.88. The van der Waals surface area contributed by atoms with E-state index in [1.807, 2.05) is 48.5 Å². The van der Waals surface area contributed by atoms with E-state index in [1.54, 1.807) is 7.05 Å². The van der Waals surface area contributed by atoms with Crippen LogP contribution in [0.2, 0.25) is 0 Å². The topological polar surface area (TPSA) is 38.3 Å². The second kappa shape index (κ2) is 4.18. The number of amides is 1. The molecule has 2 aromatic carbocycles. The molecule has 1 aliphatic rings. The average molecular weight is 239 g/mol. The van der Waals surface area contributed by atoms with E-state index in [4.69, 9.17) is 4.74 Å². The molecule has 0 unspecified atom stereocenters. The van der Waals surface area contributed by atoms with Gasteiger partial charge < -0.3 is 10.1 Å². The number of likely N-dealkylation sites (N-methyl/N-ethyl adjacent to an activating group) is 1. The highest BCUT2D eigenvalue weighted by atomic mass is 16.5. The summed E-state index contributed by atoms with van der Waals surface area (Å²) in [4.78, 5) is 12.1. The number of carbonyl (C=O) groups is 1. The predicted molar refractivity (Wildman–Crippen MR) is 68.9 cm³/mol. The first-order valence-electron chi connectivity index (χ1n) is 5.88. The second-order valence-electron chi connectivity index (χ2n) is 4.22. The summed E-state index contributed by atoms with van der Waals surface area (Å²) in [5, 5.41) is 2.72. The molecule has 0 spiro atoms. The Hall–Kier alpha value is -2.29. The number of fused-ring (bicyclic) bond motifs is 2. The average Bonchev–Trinajstić information content (AvgIpc) is 2.44. The monoisotopic (exact) mass is 239 g/mol. The molecule has 0 saturated heterocycles. The van der Waals surface area contributed by atoms with Crippen LogP contribution in [0.4, 0.5) is 0 Å². The van der Waals surface area contributed by atoms with Gasteiger partial charge in [-0.3, -0.25) is 4.79 Å². The van der Waals surface area contributed by atoms with Crippen molar-refractivity contribution >= 4 is 5.91 Å². The molecule has 1 amide bonds. The Morgan fingerprint density at radius 1 is 1.00 bits per heavy atom. The number of hydrogen-bond acceptors (Lipinski definition) is 2. The molecule has 0 radical (unpaired) electrons. The molecule has 90 valence electrons. The van der Waals surface area contributed by atoms with Crippen molar-refractivity contribution in [2.45, 2.75) is 5.92 Å². The molecule has 0 bridgehead atoms. The summed E-state index contributed by atoms with van der Waals surface area (Å²) in [6.45, 7) is 0. The van der Waals surface area contributed by atoms with Crippen molar-refractivity contribution in [1.82, 2.24) is 5.32 Å². The molecule has 1 heterocycles.